The number of aryl methyl sites for hydroxylation is 1. The first-order valence-electron chi connectivity index (χ1n) is 4.33. The number of hydrogen-bond acceptors (Lipinski definition) is 2. The molecule has 1 aromatic rings. The molecule has 15 heavy (non-hydrogen) atoms. The van der Waals surface area contributed by atoms with E-state index in [2.05, 4.69) is 17.5 Å². The molecule has 0 heterocycles. The number of nitrogens with one attached hydrogen (secondary N) is 1. The van der Waals surface area contributed by atoms with Crippen LogP contribution in [-0.2, 0) is 0 Å². The number of benzene rings is 1. The Morgan fingerprint density at radius 2 is 2.27 bits per heavy atom. The van der Waals surface area contributed by atoms with Gasteiger partial charge in [0.2, 0.25) is 0 Å². The molecular weight excluding hydrogens is 215 g/mol. The summed E-state index contributed by atoms with van der Waals surface area (Å²) in [5, 5.41) is 2.52. The van der Waals surface area contributed by atoms with Crippen molar-refractivity contribution >= 4 is 23.1 Å². The Bertz CT molecular complexity index is 406. The Labute approximate surface area is 92.5 Å². The molecule has 0 saturated carbocycles. The SMILES string of the molecule is Cc1cc(C(=O)NCC(N)=S)ccc1F. The first kappa shape index (κ1) is 11.6. The maximum absolute atomic E-state index is 12.9. The summed E-state index contributed by atoms with van der Waals surface area (Å²) in [7, 11) is 0. The van der Waals surface area contributed by atoms with E-state index in [-0.39, 0.29) is 23.3 Å². The van der Waals surface area contributed by atoms with E-state index in [0.29, 0.717) is 11.1 Å². The minimum atomic E-state index is -0.333. The van der Waals surface area contributed by atoms with Crippen LogP contribution in [0, 0.1) is 12.7 Å². The number of halogens is 1. The average molecular weight is 226 g/mol. The molecule has 0 saturated heterocycles. The quantitative estimate of drug-likeness (QED) is 0.760. The van der Waals surface area contributed by atoms with E-state index in [0.717, 1.165) is 0 Å². The van der Waals surface area contributed by atoms with E-state index in [1.54, 1.807) is 6.92 Å². The van der Waals surface area contributed by atoms with Crippen LogP contribution >= 0.6 is 12.2 Å². The maximum Gasteiger partial charge on any atom is 0.251 e. The van der Waals surface area contributed by atoms with Gasteiger partial charge in [0.1, 0.15) is 5.82 Å². The van der Waals surface area contributed by atoms with Gasteiger partial charge in [-0.3, -0.25) is 4.79 Å². The smallest absolute Gasteiger partial charge is 0.251 e. The third kappa shape index (κ3) is 3.28. The summed E-state index contributed by atoms with van der Waals surface area (Å²) in [6.07, 6.45) is 0. The molecule has 0 aliphatic heterocycles. The number of carbonyl (C=O) groups excluding carboxylic acids is 1. The number of nitrogens with two attached hydrogens (primary N) is 1. The summed E-state index contributed by atoms with van der Waals surface area (Å²) >= 11 is 4.61. The highest BCUT2D eigenvalue weighted by Gasteiger charge is 2.07. The summed E-state index contributed by atoms with van der Waals surface area (Å²) in [6.45, 7) is 1.74. The summed E-state index contributed by atoms with van der Waals surface area (Å²) in [4.78, 5) is 11.7. The molecular formula is C10H11FN2OS. The Morgan fingerprint density at radius 1 is 1.60 bits per heavy atom. The van der Waals surface area contributed by atoms with Crippen molar-refractivity contribution in [1.82, 2.24) is 5.32 Å². The van der Waals surface area contributed by atoms with Crippen molar-refractivity contribution in [2.45, 2.75) is 6.92 Å². The van der Waals surface area contributed by atoms with Crippen LogP contribution in [0.2, 0.25) is 0 Å². The molecule has 0 atom stereocenters. The zero-order valence-electron chi connectivity index (χ0n) is 8.21. The lowest BCUT2D eigenvalue weighted by Gasteiger charge is -2.04. The summed E-state index contributed by atoms with van der Waals surface area (Å²) < 4.78 is 12.9. The number of thiocarbonyl (C=S) groups is 1. The van der Waals surface area contributed by atoms with Crippen LogP contribution in [0.3, 0.4) is 0 Å². The fourth-order valence-corrected chi connectivity index (χ4v) is 1.13. The number of carbonyl (C=O) groups is 1. The molecule has 1 amide bonds. The highest BCUT2D eigenvalue weighted by molar-refractivity contribution is 7.80. The van der Waals surface area contributed by atoms with Gasteiger partial charge >= 0.3 is 0 Å². The van der Waals surface area contributed by atoms with E-state index in [4.69, 9.17) is 5.73 Å². The second-order valence-electron chi connectivity index (χ2n) is 3.11. The third-order valence-corrected chi connectivity index (χ3v) is 1.99. The molecule has 0 aromatic heterocycles. The zero-order chi connectivity index (χ0) is 11.4. The predicted molar refractivity (Wildman–Crippen MR) is 60.3 cm³/mol. The highest BCUT2D eigenvalue weighted by atomic mass is 32.1. The van der Waals surface area contributed by atoms with E-state index >= 15 is 0 Å². The molecule has 5 heteroatoms. The molecule has 0 aliphatic carbocycles. The van der Waals surface area contributed by atoms with Gasteiger partial charge in [-0.25, -0.2) is 4.39 Å². The lowest BCUT2D eigenvalue weighted by Crippen LogP contribution is -2.32. The Morgan fingerprint density at radius 3 is 2.80 bits per heavy atom. The Kier molecular flexibility index (Phi) is 3.74. The summed E-state index contributed by atoms with van der Waals surface area (Å²) in [5.41, 5.74) is 6.05. The Hall–Kier alpha value is -1.49. The molecule has 0 spiro atoms. The van der Waals surface area contributed by atoms with Crippen molar-refractivity contribution in [3.05, 3.63) is 35.1 Å². The van der Waals surface area contributed by atoms with Gasteiger partial charge in [-0.05, 0) is 30.7 Å². The Balaban J connectivity index is 2.74. The largest absolute Gasteiger partial charge is 0.392 e. The van der Waals surface area contributed by atoms with E-state index in [1.807, 2.05) is 0 Å². The van der Waals surface area contributed by atoms with Crippen molar-refractivity contribution in [1.29, 1.82) is 0 Å². The van der Waals surface area contributed by atoms with Crippen molar-refractivity contribution in [3.8, 4) is 0 Å². The van der Waals surface area contributed by atoms with Crippen molar-refractivity contribution in [2.24, 2.45) is 5.73 Å². The molecule has 1 aromatic carbocycles. The monoisotopic (exact) mass is 226 g/mol. The van der Waals surface area contributed by atoms with Gasteiger partial charge < -0.3 is 11.1 Å². The van der Waals surface area contributed by atoms with Crippen LogP contribution in [-0.4, -0.2) is 17.4 Å². The van der Waals surface area contributed by atoms with Crippen molar-refractivity contribution in [3.63, 3.8) is 0 Å². The normalized spacial score (nSPS) is 9.73. The second-order valence-corrected chi connectivity index (χ2v) is 3.64. The predicted octanol–water partition coefficient (Wildman–Crippen LogP) is 1.15. The fourth-order valence-electron chi connectivity index (χ4n) is 1.06. The maximum atomic E-state index is 12.9. The van der Waals surface area contributed by atoms with Crippen molar-refractivity contribution in [2.75, 3.05) is 6.54 Å². The molecule has 3 nitrogen and oxygen atoms in total. The first-order chi connectivity index (χ1) is 7.00. The average Bonchev–Trinajstić information content (AvgIpc) is 2.18. The van der Waals surface area contributed by atoms with Crippen LogP contribution in [0.25, 0.3) is 0 Å². The number of hydrogen-bond donors (Lipinski definition) is 2. The van der Waals surface area contributed by atoms with Crippen LogP contribution in [0.5, 0.6) is 0 Å². The molecule has 1 rings (SSSR count). The highest BCUT2D eigenvalue weighted by Crippen LogP contribution is 2.08. The molecule has 0 bridgehead atoms. The minimum absolute atomic E-state index is 0.143. The van der Waals surface area contributed by atoms with Gasteiger partial charge in [-0.1, -0.05) is 12.2 Å². The van der Waals surface area contributed by atoms with Gasteiger partial charge in [0.05, 0.1) is 11.5 Å². The molecule has 3 N–H and O–H groups in total. The molecule has 0 radical (unpaired) electrons. The number of rotatable bonds is 3. The van der Waals surface area contributed by atoms with Crippen LogP contribution in [0.15, 0.2) is 18.2 Å². The third-order valence-electron chi connectivity index (χ3n) is 1.84. The summed E-state index contributed by atoms with van der Waals surface area (Å²) in [6, 6.07) is 4.15. The summed E-state index contributed by atoms with van der Waals surface area (Å²) in [5.74, 6) is -0.646. The van der Waals surface area contributed by atoms with Gasteiger partial charge in [-0.15, -0.1) is 0 Å². The lowest BCUT2D eigenvalue weighted by atomic mass is 10.1. The standard InChI is InChI=1S/C10H11FN2OS/c1-6-4-7(2-3-8(6)11)10(14)13-5-9(12)15/h2-4H,5H2,1H3,(H2,12,15)(H,13,14). The van der Waals surface area contributed by atoms with Crippen LogP contribution in [0.1, 0.15) is 15.9 Å². The van der Waals surface area contributed by atoms with E-state index in [9.17, 15) is 9.18 Å². The van der Waals surface area contributed by atoms with Crippen LogP contribution in [0.4, 0.5) is 4.39 Å². The minimum Gasteiger partial charge on any atom is -0.392 e. The molecule has 0 fully saturated rings. The zero-order valence-corrected chi connectivity index (χ0v) is 9.03. The fraction of sp³-hybridized carbons (Fsp3) is 0.200. The van der Waals surface area contributed by atoms with Crippen molar-refractivity contribution < 1.29 is 9.18 Å². The van der Waals surface area contributed by atoms with Gasteiger partial charge in [0.25, 0.3) is 5.91 Å². The second kappa shape index (κ2) is 4.84. The number of amides is 1. The molecule has 80 valence electrons. The topological polar surface area (TPSA) is 55.1 Å². The first-order valence-corrected chi connectivity index (χ1v) is 4.74. The van der Waals surface area contributed by atoms with Gasteiger partial charge in [0.15, 0.2) is 0 Å². The molecule has 0 unspecified atom stereocenters. The van der Waals surface area contributed by atoms with E-state index in [1.165, 1.54) is 18.2 Å². The van der Waals surface area contributed by atoms with Crippen LogP contribution < -0.4 is 11.1 Å². The van der Waals surface area contributed by atoms with Gasteiger partial charge in [-0.2, -0.15) is 0 Å². The molecule has 0 aliphatic rings. The van der Waals surface area contributed by atoms with E-state index < -0.39 is 0 Å². The van der Waals surface area contributed by atoms with Gasteiger partial charge in [0, 0.05) is 5.56 Å². The lowest BCUT2D eigenvalue weighted by molar-refractivity contribution is 0.0959.